The molecule has 0 N–H and O–H groups in total. The summed E-state index contributed by atoms with van der Waals surface area (Å²) in [6.07, 6.45) is 14.6. The van der Waals surface area contributed by atoms with Crippen molar-refractivity contribution in [3.05, 3.63) is 65.7 Å². The lowest BCUT2D eigenvalue weighted by molar-refractivity contribution is -0.917. The Hall–Kier alpha value is -2.33. The van der Waals surface area contributed by atoms with Gasteiger partial charge in [0.25, 0.3) is 0 Å². The van der Waals surface area contributed by atoms with Gasteiger partial charge in [-0.15, -0.1) is 0 Å². The summed E-state index contributed by atoms with van der Waals surface area (Å²) in [5, 5.41) is 0. The van der Waals surface area contributed by atoms with Gasteiger partial charge in [0.2, 0.25) is 0 Å². The van der Waals surface area contributed by atoms with Gasteiger partial charge in [-0.1, -0.05) is 107 Å². The fraction of sp³-hybridized carbons (Fsp3) is 0.606. The second kappa shape index (κ2) is 17.2. The summed E-state index contributed by atoms with van der Waals surface area (Å²) in [7, 11) is 4.13. The Morgan fingerprint density at radius 1 is 0.757 bits per heavy atom. The Morgan fingerprint density at radius 3 is 1.92 bits per heavy atom. The van der Waals surface area contributed by atoms with Crippen LogP contribution in [0, 0.1) is 0 Å². The van der Waals surface area contributed by atoms with Crippen LogP contribution in [0.25, 0.3) is 0 Å². The number of carbonyl (C=O) groups is 1. The molecule has 0 radical (unpaired) electrons. The predicted molar refractivity (Wildman–Crippen MR) is 155 cm³/mol. The van der Waals surface area contributed by atoms with Crippen LogP contribution >= 0.6 is 0 Å². The number of benzene rings is 2. The van der Waals surface area contributed by atoms with Crippen molar-refractivity contribution >= 4 is 5.97 Å². The third-order valence-electron chi connectivity index (χ3n) is 7.36. The average molecular weight is 511 g/mol. The van der Waals surface area contributed by atoms with Crippen LogP contribution in [-0.2, 0) is 22.5 Å². The first-order valence-electron chi connectivity index (χ1n) is 14.6. The van der Waals surface area contributed by atoms with E-state index in [-0.39, 0.29) is 24.7 Å². The molecule has 2 aromatic carbocycles. The molecule has 2 atom stereocenters. The van der Waals surface area contributed by atoms with Crippen molar-refractivity contribution in [3.8, 4) is 5.75 Å². The highest BCUT2D eigenvalue weighted by molar-refractivity contribution is 5.74. The van der Waals surface area contributed by atoms with Crippen LogP contribution in [0.15, 0.2) is 54.6 Å². The summed E-state index contributed by atoms with van der Waals surface area (Å²) >= 11 is 0. The molecule has 0 heterocycles. The van der Waals surface area contributed by atoms with E-state index >= 15 is 0 Å². The Bertz CT molecular complexity index is 863. The molecule has 2 aromatic rings. The van der Waals surface area contributed by atoms with E-state index < -0.39 is 0 Å². The van der Waals surface area contributed by atoms with E-state index in [4.69, 9.17) is 9.47 Å². The van der Waals surface area contributed by atoms with Crippen molar-refractivity contribution in [1.82, 2.24) is 0 Å². The molecule has 4 heteroatoms. The van der Waals surface area contributed by atoms with Crippen molar-refractivity contribution in [3.63, 3.8) is 0 Å². The van der Waals surface area contributed by atoms with E-state index in [9.17, 15) is 4.79 Å². The van der Waals surface area contributed by atoms with Crippen LogP contribution in [0.3, 0.4) is 0 Å². The number of esters is 1. The highest BCUT2D eigenvalue weighted by Gasteiger charge is 2.32. The van der Waals surface area contributed by atoms with Crippen molar-refractivity contribution in [2.75, 3.05) is 20.7 Å². The van der Waals surface area contributed by atoms with Crippen molar-refractivity contribution < 1.29 is 18.8 Å². The normalized spacial score (nSPS) is 13.2. The quantitative estimate of drug-likeness (QED) is 0.109. The molecule has 0 aromatic heterocycles. The lowest BCUT2D eigenvalue weighted by Crippen LogP contribution is -2.51. The number of hydrogen-bond acceptors (Lipinski definition) is 3. The van der Waals surface area contributed by atoms with Crippen LogP contribution in [-0.4, -0.2) is 43.3 Å². The van der Waals surface area contributed by atoms with E-state index in [1.807, 2.05) is 44.2 Å². The lowest BCUT2D eigenvalue weighted by Gasteiger charge is -2.34. The molecule has 0 spiro atoms. The standard InChI is InChI=1S/C33H52NO3/c1-6-7-8-9-10-11-12-13-14-16-19-30-22-24-32(25-23-30)37-28(2)27-36-33(35)29(3)34(4,5)26-31-20-17-15-18-21-31/h15,17-18,20-25,28-29H,6-14,16,19,26-27H2,1-5H3/q+1. The number of ether oxygens (including phenoxy) is 2. The monoisotopic (exact) mass is 510 g/mol. The van der Waals surface area contributed by atoms with Gasteiger partial charge in [-0.3, -0.25) is 0 Å². The van der Waals surface area contributed by atoms with Gasteiger partial charge in [0.15, 0.2) is 6.04 Å². The molecule has 0 aliphatic heterocycles. The Kier molecular flexibility index (Phi) is 14.4. The van der Waals surface area contributed by atoms with Gasteiger partial charge in [0.05, 0.1) is 14.1 Å². The smallest absolute Gasteiger partial charge is 0.364 e. The van der Waals surface area contributed by atoms with Crippen LogP contribution < -0.4 is 4.74 Å². The summed E-state index contributed by atoms with van der Waals surface area (Å²) in [5.41, 5.74) is 2.57. The fourth-order valence-electron chi connectivity index (χ4n) is 4.61. The highest BCUT2D eigenvalue weighted by Crippen LogP contribution is 2.18. The maximum absolute atomic E-state index is 12.7. The summed E-state index contributed by atoms with van der Waals surface area (Å²) in [6.45, 7) is 7.17. The fourth-order valence-corrected chi connectivity index (χ4v) is 4.61. The zero-order chi connectivity index (χ0) is 26.9. The molecule has 4 nitrogen and oxygen atoms in total. The number of nitrogens with zero attached hydrogens (tertiary/aromatic N) is 1. The maximum atomic E-state index is 12.7. The minimum atomic E-state index is -0.266. The molecule has 0 amide bonds. The molecular weight excluding hydrogens is 458 g/mol. The summed E-state index contributed by atoms with van der Waals surface area (Å²) in [5.74, 6) is 0.631. The van der Waals surface area contributed by atoms with Gasteiger partial charge in [0, 0.05) is 5.56 Å². The van der Waals surface area contributed by atoms with E-state index in [2.05, 4.69) is 45.3 Å². The number of rotatable bonds is 19. The van der Waals surface area contributed by atoms with Gasteiger partial charge >= 0.3 is 5.97 Å². The number of hydrogen-bond donors (Lipinski definition) is 0. The van der Waals surface area contributed by atoms with E-state index in [1.54, 1.807) is 0 Å². The van der Waals surface area contributed by atoms with Crippen LogP contribution in [0.5, 0.6) is 5.75 Å². The molecule has 0 aliphatic carbocycles. The highest BCUT2D eigenvalue weighted by atomic mass is 16.6. The van der Waals surface area contributed by atoms with Gasteiger partial charge < -0.3 is 14.0 Å². The number of aryl methyl sites for hydroxylation is 1. The number of likely N-dealkylation sites (N-methyl/N-ethyl adjacent to an activating group) is 1. The van der Waals surface area contributed by atoms with E-state index in [1.165, 1.54) is 75.3 Å². The first-order valence-corrected chi connectivity index (χ1v) is 14.6. The summed E-state index contributed by atoms with van der Waals surface area (Å²) in [4.78, 5) is 12.7. The zero-order valence-corrected chi connectivity index (χ0v) is 24.2. The molecule has 0 bridgehead atoms. The van der Waals surface area contributed by atoms with E-state index in [0.717, 1.165) is 18.7 Å². The molecule has 0 saturated heterocycles. The summed E-state index contributed by atoms with van der Waals surface area (Å²) in [6, 6.07) is 18.4. The molecular formula is C33H52NO3+. The van der Waals surface area contributed by atoms with Gasteiger partial charge in [-0.05, 0) is 44.4 Å². The average Bonchev–Trinajstić information content (AvgIpc) is 2.89. The first-order chi connectivity index (χ1) is 17.8. The van der Waals surface area contributed by atoms with Crippen LogP contribution in [0.4, 0.5) is 0 Å². The van der Waals surface area contributed by atoms with E-state index in [0.29, 0.717) is 4.48 Å². The molecule has 2 rings (SSSR count). The minimum absolute atomic E-state index is 0.191. The van der Waals surface area contributed by atoms with Crippen molar-refractivity contribution in [2.24, 2.45) is 0 Å². The molecule has 2 unspecified atom stereocenters. The van der Waals surface area contributed by atoms with Crippen molar-refractivity contribution in [2.45, 2.75) is 110 Å². The molecule has 0 aliphatic rings. The first kappa shape index (κ1) is 30.9. The molecule has 37 heavy (non-hydrogen) atoms. The Labute approximate surface area is 227 Å². The van der Waals surface area contributed by atoms with Crippen molar-refractivity contribution in [1.29, 1.82) is 0 Å². The van der Waals surface area contributed by atoms with Gasteiger partial charge in [-0.2, -0.15) is 0 Å². The molecule has 206 valence electrons. The number of unbranched alkanes of at least 4 members (excludes halogenated alkanes) is 9. The molecule has 0 fully saturated rings. The van der Waals surface area contributed by atoms with Crippen LogP contribution in [0.2, 0.25) is 0 Å². The second-order valence-corrected chi connectivity index (χ2v) is 11.2. The SMILES string of the molecule is CCCCCCCCCCCCc1ccc(OC(C)COC(=O)C(C)[N+](C)(C)Cc2ccccc2)cc1. The largest absolute Gasteiger partial charge is 0.487 e. The topological polar surface area (TPSA) is 35.5 Å². The third-order valence-corrected chi connectivity index (χ3v) is 7.36. The zero-order valence-electron chi connectivity index (χ0n) is 24.2. The number of quaternary nitrogens is 1. The molecule has 0 saturated carbocycles. The predicted octanol–water partition coefficient (Wildman–Crippen LogP) is 8.13. The Balaban J connectivity index is 1.62. The van der Waals surface area contributed by atoms with Crippen LogP contribution in [0.1, 0.15) is 96.1 Å². The maximum Gasteiger partial charge on any atom is 0.364 e. The second-order valence-electron chi connectivity index (χ2n) is 11.2. The van der Waals surface area contributed by atoms with Gasteiger partial charge in [0.1, 0.15) is 25.0 Å². The summed E-state index contributed by atoms with van der Waals surface area (Å²) < 4.78 is 12.2. The number of carbonyl (C=O) groups excluding carboxylic acids is 1. The Morgan fingerprint density at radius 2 is 1.32 bits per heavy atom. The lowest BCUT2D eigenvalue weighted by atomic mass is 10.0. The van der Waals surface area contributed by atoms with Gasteiger partial charge in [-0.25, -0.2) is 4.79 Å². The minimum Gasteiger partial charge on any atom is -0.487 e. The third kappa shape index (κ3) is 12.6.